The molecule has 320 valence electrons. The van der Waals surface area contributed by atoms with Crippen LogP contribution in [0.3, 0.4) is 0 Å². The van der Waals surface area contributed by atoms with E-state index in [9.17, 15) is 0 Å². The predicted octanol–water partition coefficient (Wildman–Crippen LogP) is 17.8. The molecule has 0 aliphatic carbocycles. The minimum Gasteiger partial charge on any atom is -0.459 e. The van der Waals surface area contributed by atoms with Crippen LogP contribution < -0.4 is 4.90 Å². The molecule has 0 amide bonds. The van der Waals surface area contributed by atoms with Gasteiger partial charge in [0.05, 0.1) is 16.4 Å². The number of furan rings is 1. The standard InChI is InChI=1S/C61H46N2O.C2H6/c1-4-15-42(5-2)46-23-29-51(30-24-46)62-41(3)22-33-53-54-34-37-58-60(61(54)64-59(53)40-50-38-48(27-35-56(50)62)44-18-11-7-12-19-44)55-39-49(45-20-13-8-14-21-45)28-36-57(55)63(58)52-31-25-47(26-32-52)43-16-9-6-10-17-43;1-2/h4-39H,3,40H2,1-2H3;1-2H3/b15-4-,33-22-,42-5+;. The summed E-state index contributed by atoms with van der Waals surface area (Å²) >= 11 is 0. The van der Waals surface area contributed by atoms with Crippen LogP contribution in [0.25, 0.3) is 83.5 Å². The molecule has 0 fully saturated rings. The number of hydrogen-bond acceptors (Lipinski definition) is 2. The lowest BCUT2D eigenvalue weighted by Crippen LogP contribution is -2.16. The topological polar surface area (TPSA) is 21.3 Å². The third-order valence-electron chi connectivity index (χ3n) is 12.7. The van der Waals surface area contributed by atoms with Gasteiger partial charge in [0, 0.05) is 45.5 Å². The summed E-state index contributed by atoms with van der Waals surface area (Å²) in [4.78, 5) is 2.28. The molecule has 2 aromatic heterocycles. The minimum atomic E-state index is 0.590. The highest BCUT2D eigenvalue weighted by Crippen LogP contribution is 2.45. The second kappa shape index (κ2) is 18.2. The minimum absolute atomic E-state index is 0.590. The van der Waals surface area contributed by atoms with E-state index in [4.69, 9.17) is 11.0 Å². The fourth-order valence-electron chi connectivity index (χ4n) is 9.55. The molecular formula is C63H52N2O. The molecular weight excluding hydrogens is 801 g/mol. The molecule has 3 nitrogen and oxygen atoms in total. The number of hydrogen-bond donors (Lipinski definition) is 0. The van der Waals surface area contributed by atoms with Crippen molar-refractivity contribution in [2.45, 2.75) is 34.1 Å². The van der Waals surface area contributed by atoms with Gasteiger partial charge in [-0.3, -0.25) is 0 Å². The molecule has 66 heavy (non-hydrogen) atoms. The van der Waals surface area contributed by atoms with Crippen molar-refractivity contribution < 1.29 is 4.42 Å². The summed E-state index contributed by atoms with van der Waals surface area (Å²) in [6, 6.07) is 67.7. The molecule has 10 aromatic rings. The van der Waals surface area contributed by atoms with E-state index >= 15 is 0 Å². The molecule has 1 aliphatic heterocycles. The molecule has 3 heteroatoms. The van der Waals surface area contributed by atoms with Crippen LogP contribution in [0.1, 0.15) is 50.1 Å². The Morgan fingerprint density at radius 2 is 1.11 bits per heavy atom. The van der Waals surface area contributed by atoms with Gasteiger partial charge in [-0.1, -0.05) is 166 Å². The van der Waals surface area contributed by atoms with Gasteiger partial charge >= 0.3 is 0 Å². The summed E-state index contributed by atoms with van der Waals surface area (Å²) in [5.74, 6) is 0.923. The molecule has 1 aliphatic rings. The van der Waals surface area contributed by atoms with Crippen molar-refractivity contribution in [1.29, 1.82) is 0 Å². The Kier molecular flexibility index (Phi) is 11.5. The molecule has 0 spiro atoms. The maximum atomic E-state index is 7.31. The molecule has 0 N–H and O–H groups in total. The molecule has 8 aromatic carbocycles. The highest BCUT2D eigenvalue weighted by atomic mass is 16.3. The van der Waals surface area contributed by atoms with Crippen molar-refractivity contribution in [2.24, 2.45) is 0 Å². The SMILES string of the molecule is C=C1/C=C\c2c(oc3c2ccc2c3c3cc(-c4ccccc4)ccc3n2-c2ccc(-c3ccccc3)cc2)Cc2cc(-c3ccccc3)ccc2N1c1ccc(C(/C=C\C)=C/C)cc1.CC. The lowest BCUT2D eigenvalue weighted by Gasteiger charge is -2.28. The predicted molar refractivity (Wildman–Crippen MR) is 283 cm³/mol. The van der Waals surface area contributed by atoms with Crippen LogP contribution in [0.15, 0.2) is 229 Å². The van der Waals surface area contributed by atoms with Crippen LogP contribution >= 0.6 is 0 Å². The largest absolute Gasteiger partial charge is 0.459 e. The number of benzene rings is 8. The summed E-state index contributed by atoms with van der Waals surface area (Å²) in [6.45, 7) is 12.8. The molecule has 0 atom stereocenters. The average molecular weight is 853 g/mol. The number of fused-ring (bicyclic) bond motifs is 8. The summed E-state index contributed by atoms with van der Waals surface area (Å²) in [6.07, 6.45) is 11.3. The van der Waals surface area contributed by atoms with Crippen LogP contribution in [0.2, 0.25) is 0 Å². The Labute approximate surface area is 388 Å². The summed E-state index contributed by atoms with van der Waals surface area (Å²) in [5.41, 5.74) is 18.9. The third kappa shape index (κ3) is 7.59. The first kappa shape index (κ1) is 41.8. The first-order chi connectivity index (χ1) is 32.6. The van der Waals surface area contributed by atoms with Crippen molar-refractivity contribution in [3.8, 4) is 39.1 Å². The Hall–Kier alpha value is -8.14. The first-order valence-corrected chi connectivity index (χ1v) is 23.0. The van der Waals surface area contributed by atoms with E-state index in [-0.39, 0.29) is 0 Å². The Balaban J connectivity index is 0.00000252. The highest BCUT2D eigenvalue weighted by Gasteiger charge is 2.25. The van der Waals surface area contributed by atoms with Crippen LogP contribution in [0, 0.1) is 0 Å². The third-order valence-corrected chi connectivity index (χ3v) is 12.7. The first-order valence-electron chi connectivity index (χ1n) is 23.0. The fraction of sp³-hybridized carbons (Fsp3) is 0.0794. The molecule has 0 bridgehead atoms. The van der Waals surface area contributed by atoms with E-state index in [0.29, 0.717) is 6.42 Å². The van der Waals surface area contributed by atoms with Gasteiger partial charge in [-0.05, 0) is 137 Å². The van der Waals surface area contributed by atoms with Gasteiger partial charge in [0.15, 0.2) is 0 Å². The van der Waals surface area contributed by atoms with Crippen LogP contribution in [-0.2, 0) is 6.42 Å². The Bertz CT molecular complexity index is 3460. The van der Waals surface area contributed by atoms with E-state index < -0.39 is 0 Å². The van der Waals surface area contributed by atoms with Gasteiger partial charge in [-0.2, -0.15) is 0 Å². The van der Waals surface area contributed by atoms with E-state index in [1.807, 2.05) is 13.8 Å². The number of nitrogens with zero attached hydrogens (tertiary/aromatic N) is 2. The lowest BCUT2D eigenvalue weighted by atomic mass is 9.97. The van der Waals surface area contributed by atoms with E-state index in [0.717, 1.165) is 78.0 Å². The van der Waals surface area contributed by atoms with Gasteiger partial charge in [-0.25, -0.2) is 0 Å². The van der Waals surface area contributed by atoms with Crippen molar-refractivity contribution in [2.75, 3.05) is 4.90 Å². The van der Waals surface area contributed by atoms with E-state index in [1.54, 1.807) is 0 Å². The van der Waals surface area contributed by atoms with E-state index in [1.165, 1.54) is 39.0 Å². The van der Waals surface area contributed by atoms with Gasteiger partial charge in [0.25, 0.3) is 0 Å². The monoisotopic (exact) mass is 852 g/mol. The fourth-order valence-corrected chi connectivity index (χ4v) is 9.55. The quantitative estimate of drug-likeness (QED) is 0.149. The number of anilines is 2. The highest BCUT2D eigenvalue weighted by molar-refractivity contribution is 6.21. The molecule has 0 saturated carbocycles. The van der Waals surface area contributed by atoms with Gasteiger partial charge < -0.3 is 13.9 Å². The summed E-state index contributed by atoms with van der Waals surface area (Å²) in [5, 5.41) is 3.34. The Morgan fingerprint density at radius 1 is 0.545 bits per heavy atom. The van der Waals surface area contributed by atoms with Crippen molar-refractivity contribution >= 4 is 55.8 Å². The normalized spacial score (nSPS) is 13.2. The Morgan fingerprint density at radius 3 is 1.74 bits per heavy atom. The lowest BCUT2D eigenvalue weighted by molar-refractivity contribution is 0.564. The van der Waals surface area contributed by atoms with Crippen molar-refractivity contribution in [3.05, 3.63) is 247 Å². The average Bonchev–Trinajstić information content (AvgIpc) is 3.92. The maximum absolute atomic E-state index is 7.31. The maximum Gasteiger partial charge on any atom is 0.144 e. The summed E-state index contributed by atoms with van der Waals surface area (Å²) in [7, 11) is 0. The van der Waals surface area contributed by atoms with Gasteiger partial charge in [0.2, 0.25) is 0 Å². The zero-order valence-electron chi connectivity index (χ0n) is 38.0. The molecule has 3 heterocycles. The van der Waals surface area contributed by atoms with Crippen LogP contribution in [0.4, 0.5) is 11.4 Å². The summed E-state index contributed by atoms with van der Waals surface area (Å²) < 4.78 is 9.69. The van der Waals surface area contributed by atoms with E-state index in [2.05, 4.69) is 242 Å². The van der Waals surface area contributed by atoms with Gasteiger partial charge in [-0.15, -0.1) is 0 Å². The van der Waals surface area contributed by atoms with Crippen molar-refractivity contribution in [3.63, 3.8) is 0 Å². The van der Waals surface area contributed by atoms with Crippen LogP contribution in [0.5, 0.6) is 0 Å². The number of allylic oxidation sites excluding steroid dienone is 5. The number of rotatable bonds is 7. The molecule has 0 saturated heterocycles. The smallest absolute Gasteiger partial charge is 0.144 e. The zero-order chi connectivity index (χ0) is 45.1. The number of aromatic nitrogens is 1. The zero-order valence-corrected chi connectivity index (χ0v) is 38.0. The molecule has 0 radical (unpaired) electrons. The second-order valence-corrected chi connectivity index (χ2v) is 16.5. The molecule has 11 rings (SSSR count). The van der Waals surface area contributed by atoms with Gasteiger partial charge in [0.1, 0.15) is 11.3 Å². The molecule has 0 unspecified atom stereocenters. The van der Waals surface area contributed by atoms with Crippen molar-refractivity contribution in [1.82, 2.24) is 4.57 Å². The van der Waals surface area contributed by atoms with Crippen LogP contribution in [-0.4, -0.2) is 4.57 Å². The second-order valence-electron chi connectivity index (χ2n) is 16.5.